The first-order valence-corrected chi connectivity index (χ1v) is 12.7. The highest BCUT2D eigenvalue weighted by atomic mass is 32.1. The molecule has 0 radical (unpaired) electrons. The second-order valence-electron chi connectivity index (χ2n) is 8.92. The van der Waals surface area contributed by atoms with Gasteiger partial charge < -0.3 is 5.32 Å². The SMILES string of the molecule is CCc1ccc(-c2cc(C(F)(F)F)n3nc(C(=O)Nc4cc(C)n(Cc5cccc(C(F)(F)F)c5)n4)cc3n2)s1. The van der Waals surface area contributed by atoms with Gasteiger partial charge >= 0.3 is 12.4 Å². The Kier molecular flexibility index (Phi) is 6.90. The summed E-state index contributed by atoms with van der Waals surface area (Å²) in [6.45, 7) is 3.59. The van der Waals surface area contributed by atoms with E-state index in [2.05, 4.69) is 20.5 Å². The molecule has 1 amide bonds. The Labute approximate surface area is 227 Å². The van der Waals surface area contributed by atoms with Crippen LogP contribution in [0.15, 0.2) is 54.6 Å². The summed E-state index contributed by atoms with van der Waals surface area (Å²) in [7, 11) is 0. The lowest BCUT2D eigenvalue weighted by Gasteiger charge is -2.10. The smallest absolute Gasteiger partial charge is 0.304 e. The molecule has 0 unspecified atom stereocenters. The molecule has 4 heterocycles. The largest absolute Gasteiger partial charge is 0.433 e. The van der Waals surface area contributed by atoms with Gasteiger partial charge in [-0.2, -0.15) is 36.5 Å². The predicted molar refractivity (Wildman–Crippen MR) is 136 cm³/mol. The molecule has 0 fully saturated rings. The van der Waals surface area contributed by atoms with E-state index in [-0.39, 0.29) is 29.4 Å². The Hall–Kier alpha value is -4.20. The lowest BCUT2D eigenvalue weighted by atomic mass is 10.1. The number of anilines is 1. The molecule has 0 atom stereocenters. The maximum atomic E-state index is 13.9. The monoisotopic (exact) mass is 578 g/mol. The van der Waals surface area contributed by atoms with Crippen LogP contribution in [0, 0.1) is 6.92 Å². The van der Waals surface area contributed by atoms with Gasteiger partial charge in [0, 0.05) is 22.7 Å². The van der Waals surface area contributed by atoms with Crippen LogP contribution in [0.4, 0.5) is 32.2 Å². The number of nitrogens with zero attached hydrogens (tertiary/aromatic N) is 5. The van der Waals surface area contributed by atoms with Crippen molar-refractivity contribution in [2.24, 2.45) is 0 Å². The van der Waals surface area contributed by atoms with Crippen molar-refractivity contribution in [3.63, 3.8) is 0 Å². The van der Waals surface area contributed by atoms with Gasteiger partial charge in [-0.3, -0.25) is 9.48 Å². The molecule has 0 aliphatic heterocycles. The van der Waals surface area contributed by atoms with Crippen LogP contribution in [-0.4, -0.2) is 30.3 Å². The van der Waals surface area contributed by atoms with E-state index in [9.17, 15) is 31.1 Å². The van der Waals surface area contributed by atoms with Crippen LogP contribution in [0.2, 0.25) is 0 Å². The summed E-state index contributed by atoms with van der Waals surface area (Å²) >= 11 is 1.33. The summed E-state index contributed by atoms with van der Waals surface area (Å²) in [6, 6.07) is 11.8. The number of thiophene rings is 1. The third-order valence-corrected chi connectivity index (χ3v) is 7.27. The first kappa shape index (κ1) is 27.4. The number of halogens is 6. The first-order chi connectivity index (χ1) is 18.8. The maximum absolute atomic E-state index is 13.9. The zero-order chi connectivity index (χ0) is 28.8. The van der Waals surface area contributed by atoms with Crippen LogP contribution < -0.4 is 5.32 Å². The molecule has 5 aromatic rings. The van der Waals surface area contributed by atoms with Crippen LogP contribution >= 0.6 is 11.3 Å². The number of hydrogen-bond donors (Lipinski definition) is 1. The Bertz CT molecular complexity index is 1710. The fourth-order valence-electron chi connectivity index (χ4n) is 4.05. The number of nitrogens with one attached hydrogen (secondary N) is 1. The van der Waals surface area contributed by atoms with Gasteiger partial charge in [0.1, 0.15) is 0 Å². The molecule has 5 rings (SSSR count). The first-order valence-electron chi connectivity index (χ1n) is 11.9. The lowest BCUT2D eigenvalue weighted by molar-refractivity contribution is -0.142. The van der Waals surface area contributed by atoms with Crippen LogP contribution in [0.1, 0.15) is 44.8 Å². The number of carbonyl (C=O) groups is 1. The number of hydrogen-bond acceptors (Lipinski definition) is 5. The van der Waals surface area contributed by atoms with E-state index in [0.29, 0.717) is 20.6 Å². The van der Waals surface area contributed by atoms with Gasteiger partial charge in [0.05, 0.1) is 22.7 Å². The third kappa shape index (κ3) is 5.57. The normalized spacial score (nSPS) is 12.3. The molecule has 1 N–H and O–H groups in total. The fraction of sp³-hybridized carbons (Fsp3) is 0.231. The van der Waals surface area contributed by atoms with Crippen molar-refractivity contribution in [3.8, 4) is 10.6 Å². The summed E-state index contributed by atoms with van der Waals surface area (Å²) < 4.78 is 82.8. The predicted octanol–water partition coefficient (Wildman–Crippen LogP) is 6.86. The number of rotatable bonds is 6. The second kappa shape index (κ2) is 10.1. The highest BCUT2D eigenvalue weighted by Gasteiger charge is 2.36. The van der Waals surface area contributed by atoms with Crippen LogP contribution in [-0.2, 0) is 25.3 Å². The standard InChI is InChI=1S/C26H20F6N6OS/c1-3-17-7-8-20(40-17)18-11-21(26(30,31)32)38-23(33-18)12-19(35-38)24(39)34-22-9-14(2)37(36-22)13-15-5-4-6-16(10-15)25(27,28)29/h4-12H,3,13H2,1-2H3,(H,34,36,39). The molecule has 0 spiro atoms. The number of amides is 1. The van der Waals surface area contributed by atoms with E-state index in [0.717, 1.165) is 35.6 Å². The van der Waals surface area contributed by atoms with Gasteiger partial charge in [-0.25, -0.2) is 9.50 Å². The molecule has 0 saturated heterocycles. The lowest BCUT2D eigenvalue weighted by Crippen LogP contribution is -2.16. The molecule has 4 aromatic heterocycles. The number of aromatic nitrogens is 5. The number of aryl methyl sites for hydroxylation is 2. The van der Waals surface area contributed by atoms with Crippen LogP contribution in [0.25, 0.3) is 16.2 Å². The van der Waals surface area contributed by atoms with Crippen molar-refractivity contribution >= 4 is 28.7 Å². The quantitative estimate of drug-likeness (QED) is 0.223. The summed E-state index contributed by atoms with van der Waals surface area (Å²) in [4.78, 5) is 18.7. The Morgan fingerprint density at radius 1 is 0.975 bits per heavy atom. The Morgan fingerprint density at radius 3 is 2.42 bits per heavy atom. The molecule has 0 bridgehead atoms. The molecular weight excluding hydrogens is 558 g/mol. The molecule has 208 valence electrons. The highest BCUT2D eigenvalue weighted by molar-refractivity contribution is 7.15. The van der Waals surface area contributed by atoms with Gasteiger partial charge in [0.25, 0.3) is 5.91 Å². The zero-order valence-electron chi connectivity index (χ0n) is 20.9. The average Bonchev–Trinajstić information content (AvgIpc) is 3.61. The van der Waals surface area contributed by atoms with Gasteiger partial charge in [-0.15, -0.1) is 11.3 Å². The highest BCUT2D eigenvalue weighted by Crippen LogP contribution is 2.35. The van der Waals surface area contributed by atoms with Gasteiger partial charge in [0.2, 0.25) is 0 Å². The molecule has 0 aliphatic rings. The van der Waals surface area contributed by atoms with Gasteiger partial charge in [-0.1, -0.05) is 19.1 Å². The molecule has 40 heavy (non-hydrogen) atoms. The van der Waals surface area contributed by atoms with Crippen molar-refractivity contribution in [3.05, 3.63) is 87.7 Å². The average molecular weight is 579 g/mol. The van der Waals surface area contributed by atoms with Crippen molar-refractivity contribution < 1.29 is 31.1 Å². The minimum absolute atomic E-state index is 0.00406. The second-order valence-corrected chi connectivity index (χ2v) is 10.1. The topological polar surface area (TPSA) is 77.1 Å². The summed E-state index contributed by atoms with van der Waals surface area (Å²) in [5.74, 6) is -0.768. The molecule has 0 saturated carbocycles. The van der Waals surface area contributed by atoms with E-state index in [1.165, 1.54) is 34.2 Å². The Morgan fingerprint density at radius 2 is 1.75 bits per heavy atom. The van der Waals surface area contributed by atoms with E-state index >= 15 is 0 Å². The Balaban J connectivity index is 1.41. The third-order valence-electron chi connectivity index (χ3n) is 6.02. The summed E-state index contributed by atoms with van der Waals surface area (Å²) in [6.07, 6.45) is -8.53. The molecule has 0 aliphatic carbocycles. The summed E-state index contributed by atoms with van der Waals surface area (Å²) in [5, 5.41) is 10.5. The molecule has 1 aromatic carbocycles. The minimum atomic E-state index is -4.76. The molecule has 7 nitrogen and oxygen atoms in total. The van der Waals surface area contributed by atoms with E-state index in [1.807, 2.05) is 13.0 Å². The fourth-order valence-corrected chi connectivity index (χ4v) is 4.96. The van der Waals surface area contributed by atoms with E-state index in [1.54, 1.807) is 13.0 Å². The maximum Gasteiger partial charge on any atom is 0.433 e. The van der Waals surface area contributed by atoms with Crippen molar-refractivity contribution in [1.82, 2.24) is 24.4 Å². The van der Waals surface area contributed by atoms with E-state index < -0.39 is 29.5 Å². The number of benzene rings is 1. The van der Waals surface area contributed by atoms with Crippen molar-refractivity contribution in [1.29, 1.82) is 0 Å². The van der Waals surface area contributed by atoms with Gasteiger partial charge in [-0.05, 0) is 49.2 Å². The minimum Gasteiger partial charge on any atom is -0.304 e. The van der Waals surface area contributed by atoms with Crippen molar-refractivity contribution in [2.45, 2.75) is 39.2 Å². The molecular formula is C26H20F6N6OS. The van der Waals surface area contributed by atoms with E-state index in [4.69, 9.17) is 0 Å². The zero-order valence-corrected chi connectivity index (χ0v) is 21.7. The molecule has 14 heteroatoms. The summed E-state index contributed by atoms with van der Waals surface area (Å²) in [5.41, 5.74) is -1.36. The van der Waals surface area contributed by atoms with Crippen molar-refractivity contribution in [2.75, 3.05) is 5.32 Å². The van der Waals surface area contributed by atoms with Crippen LogP contribution in [0.3, 0.4) is 0 Å². The number of alkyl halides is 6. The van der Waals surface area contributed by atoms with Crippen LogP contribution in [0.5, 0.6) is 0 Å². The number of fused-ring (bicyclic) bond motifs is 1. The number of carbonyl (C=O) groups excluding carboxylic acids is 1. The van der Waals surface area contributed by atoms with Gasteiger partial charge in [0.15, 0.2) is 22.9 Å².